The molecule has 1 aliphatic rings. The van der Waals surface area contributed by atoms with E-state index in [1.54, 1.807) is 0 Å². The van der Waals surface area contributed by atoms with Gasteiger partial charge in [0.05, 0.1) is 6.61 Å². The zero-order chi connectivity index (χ0) is 11.1. The van der Waals surface area contributed by atoms with Gasteiger partial charge in [-0.05, 0) is 31.6 Å². The van der Waals surface area contributed by atoms with Crippen molar-refractivity contribution in [1.82, 2.24) is 0 Å². The van der Waals surface area contributed by atoms with E-state index in [0.29, 0.717) is 25.0 Å². The SMILES string of the molecule is CCOCC(=O)OCC1CC=CCC1C. The summed E-state index contributed by atoms with van der Waals surface area (Å²) in [6.45, 7) is 5.22. The number of carbonyl (C=O) groups excluding carboxylic acids is 1. The van der Waals surface area contributed by atoms with Gasteiger partial charge in [0.25, 0.3) is 0 Å². The summed E-state index contributed by atoms with van der Waals surface area (Å²) in [6.07, 6.45) is 6.47. The summed E-state index contributed by atoms with van der Waals surface area (Å²) in [6, 6.07) is 0. The van der Waals surface area contributed by atoms with Crippen LogP contribution in [0.3, 0.4) is 0 Å². The molecule has 2 unspecified atom stereocenters. The van der Waals surface area contributed by atoms with Crippen LogP contribution in [0.5, 0.6) is 0 Å². The Morgan fingerprint density at radius 3 is 2.80 bits per heavy atom. The van der Waals surface area contributed by atoms with Crippen LogP contribution in [0.25, 0.3) is 0 Å². The van der Waals surface area contributed by atoms with Gasteiger partial charge in [-0.15, -0.1) is 0 Å². The first-order valence-electron chi connectivity index (χ1n) is 5.62. The van der Waals surface area contributed by atoms with Gasteiger partial charge < -0.3 is 9.47 Å². The van der Waals surface area contributed by atoms with Gasteiger partial charge in [-0.3, -0.25) is 0 Å². The van der Waals surface area contributed by atoms with E-state index >= 15 is 0 Å². The van der Waals surface area contributed by atoms with Crippen LogP contribution in [0.2, 0.25) is 0 Å². The first kappa shape index (κ1) is 12.2. The van der Waals surface area contributed by atoms with Crippen LogP contribution < -0.4 is 0 Å². The fraction of sp³-hybridized carbons (Fsp3) is 0.750. The number of ether oxygens (including phenoxy) is 2. The van der Waals surface area contributed by atoms with Gasteiger partial charge in [-0.2, -0.15) is 0 Å². The highest BCUT2D eigenvalue weighted by atomic mass is 16.6. The quantitative estimate of drug-likeness (QED) is 0.517. The molecular weight excluding hydrogens is 192 g/mol. The highest BCUT2D eigenvalue weighted by Gasteiger charge is 2.19. The molecule has 0 fully saturated rings. The Labute approximate surface area is 91.4 Å². The topological polar surface area (TPSA) is 35.5 Å². The summed E-state index contributed by atoms with van der Waals surface area (Å²) in [5.41, 5.74) is 0. The van der Waals surface area contributed by atoms with E-state index < -0.39 is 0 Å². The maximum Gasteiger partial charge on any atom is 0.332 e. The molecule has 0 heterocycles. The lowest BCUT2D eigenvalue weighted by Crippen LogP contribution is -2.23. The van der Waals surface area contributed by atoms with E-state index in [0.717, 1.165) is 12.8 Å². The summed E-state index contributed by atoms with van der Waals surface area (Å²) < 4.78 is 10.1. The van der Waals surface area contributed by atoms with Crippen LogP contribution in [0, 0.1) is 11.8 Å². The minimum atomic E-state index is -0.251. The third-order valence-corrected chi connectivity index (χ3v) is 2.80. The molecule has 1 aliphatic carbocycles. The van der Waals surface area contributed by atoms with Gasteiger partial charge in [0.2, 0.25) is 0 Å². The molecule has 86 valence electrons. The molecule has 2 atom stereocenters. The summed E-state index contributed by atoms with van der Waals surface area (Å²) in [5.74, 6) is 0.828. The number of hydrogen-bond acceptors (Lipinski definition) is 3. The molecule has 0 aliphatic heterocycles. The second-order valence-corrected chi connectivity index (χ2v) is 4.00. The Balaban J connectivity index is 2.18. The van der Waals surface area contributed by atoms with E-state index in [1.165, 1.54) is 0 Å². The minimum Gasteiger partial charge on any atom is -0.464 e. The molecule has 0 N–H and O–H groups in total. The van der Waals surface area contributed by atoms with Crippen LogP contribution in [-0.2, 0) is 14.3 Å². The highest BCUT2D eigenvalue weighted by molar-refractivity contribution is 5.70. The first-order valence-corrected chi connectivity index (χ1v) is 5.62. The summed E-state index contributed by atoms with van der Waals surface area (Å²) >= 11 is 0. The van der Waals surface area contributed by atoms with Gasteiger partial charge >= 0.3 is 5.97 Å². The molecule has 3 nitrogen and oxygen atoms in total. The molecule has 3 heteroatoms. The molecule has 0 saturated heterocycles. The summed E-state index contributed by atoms with van der Waals surface area (Å²) in [4.78, 5) is 11.2. The number of allylic oxidation sites excluding steroid dienone is 2. The van der Waals surface area contributed by atoms with Gasteiger partial charge in [-0.1, -0.05) is 19.1 Å². The normalized spacial score (nSPS) is 25.2. The van der Waals surface area contributed by atoms with E-state index in [2.05, 4.69) is 19.1 Å². The first-order chi connectivity index (χ1) is 7.24. The molecule has 0 aromatic rings. The average Bonchev–Trinajstić information content (AvgIpc) is 2.25. The van der Waals surface area contributed by atoms with Crippen LogP contribution in [0.1, 0.15) is 26.7 Å². The minimum absolute atomic E-state index is 0.0768. The second kappa shape index (κ2) is 6.62. The monoisotopic (exact) mass is 212 g/mol. The molecule has 1 rings (SSSR count). The van der Waals surface area contributed by atoms with Crippen molar-refractivity contribution in [3.8, 4) is 0 Å². The Hall–Kier alpha value is -0.830. The lowest BCUT2D eigenvalue weighted by molar-refractivity contribution is -0.150. The Morgan fingerprint density at radius 2 is 2.13 bits per heavy atom. The van der Waals surface area contributed by atoms with Crippen LogP contribution in [-0.4, -0.2) is 25.8 Å². The predicted octanol–water partition coefficient (Wildman–Crippen LogP) is 2.17. The number of esters is 1. The van der Waals surface area contributed by atoms with Gasteiger partial charge in [0.15, 0.2) is 0 Å². The molecule has 0 bridgehead atoms. The van der Waals surface area contributed by atoms with Crippen LogP contribution in [0.15, 0.2) is 12.2 Å². The van der Waals surface area contributed by atoms with Crippen molar-refractivity contribution >= 4 is 5.97 Å². The van der Waals surface area contributed by atoms with Gasteiger partial charge in [-0.25, -0.2) is 4.79 Å². The third kappa shape index (κ3) is 4.47. The third-order valence-electron chi connectivity index (χ3n) is 2.80. The average molecular weight is 212 g/mol. The second-order valence-electron chi connectivity index (χ2n) is 4.00. The van der Waals surface area contributed by atoms with Crippen molar-refractivity contribution in [2.75, 3.05) is 19.8 Å². The summed E-state index contributed by atoms with van der Waals surface area (Å²) in [7, 11) is 0. The van der Waals surface area contributed by atoms with E-state index in [1.807, 2.05) is 6.92 Å². The largest absolute Gasteiger partial charge is 0.464 e. The fourth-order valence-corrected chi connectivity index (χ4v) is 1.67. The standard InChI is InChI=1S/C12H20O3/c1-3-14-9-12(13)15-8-11-7-5-4-6-10(11)2/h4-5,10-11H,3,6-9H2,1-2H3. The van der Waals surface area contributed by atoms with E-state index in [-0.39, 0.29) is 12.6 Å². The van der Waals surface area contributed by atoms with Gasteiger partial charge in [0.1, 0.15) is 6.61 Å². The highest BCUT2D eigenvalue weighted by Crippen LogP contribution is 2.24. The fourth-order valence-electron chi connectivity index (χ4n) is 1.67. The number of hydrogen-bond donors (Lipinski definition) is 0. The van der Waals surface area contributed by atoms with Crippen molar-refractivity contribution in [3.05, 3.63) is 12.2 Å². The van der Waals surface area contributed by atoms with E-state index in [9.17, 15) is 4.79 Å². The molecule has 15 heavy (non-hydrogen) atoms. The maximum atomic E-state index is 11.2. The lowest BCUT2D eigenvalue weighted by atomic mass is 9.85. The maximum absolute atomic E-state index is 11.2. The van der Waals surface area contributed by atoms with Crippen molar-refractivity contribution < 1.29 is 14.3 Å². The molecule has 0 radical (unpaired) electrons. The van der Waals surface area contributed by atoms with Crippen molar-refractivity contribution in [2.45, 2.75) is 26.7 Å². The zero-order valence-electron chi connectivity index (χ0n) is 9.57. The predicted molar refractivity (Wildman–Crippen MR) is 58.5 cm³/mol. The van der Waals surface area contributed by atoms with Crippen molar-refractivity contribution in [1.29, 1.82) is 0 Å². The zero-order valence-corrected chi connectivity index (χ0v) is 9.57. The Morgan fingerprint density at radius 1 is 1.40 bits per heavy atom. The Bertz CT molecular complexity index is 223. The van der Waals surface area contributed by atoms with Crippen molar-refractivity contribution in [2.24, 2.45) is 11.8 Å². The number of rotatable bonds is 5. The molecular formula is C12H20O3. The molecule has 0 saturated carbocycles. The van der Waals surface area contributed by atoms with Crippen LogP contribution >= 0.6 is 0 Å². The molecule has 0 spiro atoms. The smallest absolute Gasteiger partial charge is 0.332 e. The molecule has 0 aromatic carbocycles. The van der Waals surface area contributed by atoms with E-state index in [4.69, 9.17) is 9.47 Å². The molecule has 0 aromatic heterocycles. The lowest BCUT2D eigenvalue weighted by Gasteiger charge is -2.24. The Kier molecular flexibility index (Phi) is 5.40. The van der Waals surface area contributed by atoms with Crippen LogP contribution in [0.4, 0.5) is 0 Å². The summed E-state index contributed by atoms with van der Waals surface area (Å²) in [5, 5.41) is 0. The van der Waals surface area contributed by atoms with Gasteiger partial charge in [0, 0.05) is 6.61 Å². The van der Waals surface area contributed by atoms with Crippen molar-refractivity contribution in [3.63, 3.8) is 0 Å². The molecule has 0 amide bonds. The number of carbonyl (C=O) groups is 1.